The smallest absolute Gasteiger partial charge is 0.249 e. The van der Waals surface area contributed by atoms with Crippen LogP contribution >= 0.6 is 0 Å². The van der Waals surface area contributed by atoms with Crippen molar-refractivity contribution in [3.63, 3.8) is 0 Å². The number of hydrogen-bond donors (Lipinski definition) is 2. The molecule has 6 nitrogen and oxygen atoms in total. The number of carbonyl (C=O) groups excluding carboxylic acids is 1. The molecule has 1 aliphatic heterocycles. The lowest BCUT2D eigenvalue weighted by atomic mass is 10.2. The number of amides is 1. The standard InChI is InChI=1S/C9H14N4O2/c14-9(7-2-1-5-15-7)10-4-3-8-11-6-12-13-8/h6-7H,1-5H2,(H,10,14)(H,11,12,13)/t7-/m0/s1. The quantitative estimate of drug-likeness (QED) is 0.711. The molecule has 0 radical (unpaired) electrons. The second kappa shape index (κ2) is 4.88. The van der Waals surface area contributed by atoms with Crippen LogP contribution in [0.15, 0.2) is 6.33 Å². The summed E-state index contributed by atoms with van der Waals surface area (Å²) in [4.78, 5) is 15.5. The van der Waals surface area contributed by atoms with Crippen molar-refractivity contribution in [3.8, 4) is 0 Å². The minimum absolute atomic E-state index is 0.0213. The third kappa shape index (κ3) is 2.76. The van der Waals surface area contributed by atoms with Crippen LogP contribution in [0.2, 0.25) is 0 Å². The van der Waals surface area contributed by atoms with E-state index in [0.29, 0.717) is 19.6 Å². The van der Waals surface area contributed by atoms with Crippen LogP contribution in [0, 0.1) is 0 Å². The number of nitrogens with one attached hydrogen (secondary N) is 2. The molecule has 6 heteroatoms. The van der Waals surface area contributed by atoms with E-state index in [1.165, 1.54) is 6.33 Å². The van der Waals surface area contributed by atoms with Crippen LogP contribution in [0.4, 0.5) is 0 Å². The fourth-order valence-corrected chi connectivity index (χ4v) is 1.55. The Balaban J connectivity index is 1.67. The minimum Gasteiger partial charge on any atom is -0.368 e. The van der Waals surface area contributed by atoms with E-state index in [0.717, 1.165) is 18.7 Å². The molecule has 1 atom stereocenters. The molecule has 1 fully saturated rings. The zero-order valence-electron chi connectivity index (χ0n) is 8.40. The highest BCUT2D eigenvalue weighted by molar-refractivity contribution is 5.80. The maximum Gasteiger partial charge on any atom is 0.249 e. The van der Waals surface area contributed by atoms with Crippen LogP contribution < -0.4 is 5.32 Å². The Bertz CT molecular complexity index is 306. The molecule has 1 aliphatic rings. The Labute approximate surface area is 87.4 Å². The molecule has 0 aliphatic carbocycles. The van der Waals surface area contributed by atoms with E-state index in [2.05, 4.69) is 20.5 Å². The number of hydrogen-bond acceptors (Lipinski definition) is 4. The Hall–Kier alpha value is -1.43. The van der Waals surface area contributed by atoms with E-state index in [1.54, 1.807) is 0 Å². The zero-order valence-corrected chi connectivity index (χ0v) is 8.40. The molecule has 0 bridgehead atoms. The Morgan fingerprint density at radius 3 is 3.33 bits per heavy atom. The number of rotatable bonds is 4. The maximum atomic E-state index is 11.5. The average molecular weight is 210 g/mol. The first-order chi connectivity index (χ1) is 7.36. The van der Waals surface area contributed by atoms with Gasteiger partial charge in [0.2, 0.25) is 5.91 Å². The fourth-order valence-electron chi connectivity index (χ4n) is 1.55. The van der Waals surface area contributed by atoms with Crippen molar-refractivity contribution in [2.75, 3.05) is 13.2 Å². The predicted molar refractivity (Wildman–Crippen MR) is 52.1 cm³/mol. The SMILES string of the molecule is O=C(NCCc1ncn[nH]1)[C@@H]1CCCO1. The summed E-state index contributed by atoms with van der Waals surface area (Å²) in [5.74, 6) is 0.759. The van der Waals surface area contributed by atoms with Gasteiger partial charge in [-0.1, -0.05) is 0 Å². The number of aromatic nitrogens is 3. The monoisotopic (exact) mass is 210 g/mol. The van der Waals surface area contributed by atoms with Crippen molar-refractivity contribution in [1.29, 1.82) is 0 Å². The molecule has 0 unspecified atom stereocenters. The molecule has 0 aromatic carbocycles. The number of aromatic amines is 1. The van der Waals surface area contributed by atoms with Gasteiger partial charge in [-0.3, -0.25) is 9.89 Å². The van der Waals surface area contributed by atoms with E-state index in [1.807, 2.05) is 0 Å². The van der Waals surface area contributed by atoms with Gasteiger partial charge >= 0.3 is 0 Å². The van der Waals surface area contributed by atoms with Crippen molar-refractivity contribution in [1.82, 2.24) is 20.5 Å². The summed E-state index contributed by atoms with van der Waals surface area (Å²) < 4.78 is 5.25. The summed E-state index contributed by atoms with van der Waals surface area (Å²) in [6.07, 6.45) is 3.67. The summed E-state index contributed by atoms with van der Waals surface area (Å²) in [5, 5.41) is 9.27. The molecule has 0 spiro atoms. The topological polar surface area (TPSA) is 79.9 Å². The second-order valence-electron chi connectivity index (χ2n) is 3.47. The summed E-state index contributed by atoms with van der Waals surface area (Å²) >= 11 is 0. The van der Waals surface area contributed by atoms with Crippen LogP contribution in [0.1, 0.15) is 18.7 Å². The Morgan fingerprint density at radius 1 is 1.73 bits per heavy atom. The van der Waals surface area contributed by atoms with Crippen molar-refractivity contribution >= 4 is 5.91 Å². The van der Waals surface area contributed by atoms with E-state index in [9.17, 15) is 4.79 Å². The Kier molecular flexibility index (Phi) is 3.29. The van der Waals surface area contributed by atoms with Crippen LogP contribution in [0.3, 0.4) is 0 Å². The highest BCUT2D eigenvalue weighted by Crippen LogP contribution is 2.11. The summed E-state index contributed by atoms with van der Waals surface area (Å²) in [5.41, 5.74) is 0. The fraction of sp³-hybridized carbons (Fsp3) is 0.667. The summed E-state index contributed by atoms with van der Waals surface area (Å²) in [7, 11) is 0. The number of nitrogens with zero attached hydrogens (tertiary/aromatic N) is 2. The van der Waals surface area contributed by atoms with Gasteiger partial charge in [0.05, 0.1) is 0 Å². The summed E-state index contributed by atoms with van der Waals surface area (Å²) in [6, 6.07) is 0. The molecule has 1 amide bonds. The molecule has 0 saturated carbocycles. The van der Waals surface area contributed by atoms with E-state index in [4.69, 9.17) is 4.74 Å². The van der Waals surface area contributed by atoms with Gasteiger partial charge in [-0.25, -0.2) is 4.98 Å². The maximum absolute atomic E-state index is 11.5. The van der Waals surface area contributed by atoms with Crippen molar-refractivity contribution in [2.45, 2.75) is 25.4 Å². The van der Waals surface area contributed by atoms with Gasteiger partial charge in [0.1, 0.15) is 18.3 Å². The molecule has 82 valence electrons. The van der Waals surface area contributed by atoms with Gasteiger partial charge in [-0.05, 0) is 12.8 Å². The van der Waals surface area contributed by atoms with Gasteiger partial charge in [0, 0.05) is 19.6 Å². The first-order valence-electron chi connectivity index (χ1n) is 5.10. The lowest BCUT2D eigenvalue weighted by Gasteiger charge is -2.09. The van der Waals surface area contributed by atoms with E-state index >= 15 is 0 Å². The van der Waals surface area contributed by atoms with Crippen LogP contribution in [0.5, 0.6) is 0 Å². The minimum atomic E-state index is -0.250. The lowest BCUT2D eigenvalue weighted by molar-refractivity contribution is -0.129. The van der Waals surface area contributed by atoms with E-state index < -0.39 is 0 Å². The van der Waals surface area contributed by atoms with Gasteiger partial charge in [0.15, 0.2) is 0 Å². The van der Waals surface area contributed by atoms with Gasteiger partial charge in [-0.15, -0.1) is 0 Å². The summed E-state index contributed by atoms with van der Waals surface area (Å²) in [6.45, 7) is 1.26. The van der Waals surface area contributed by atoms with Crippen LogP contribution in [-0.2, 0) is 16.0 Å². The molecule has 2 N–H and O–H groups in total. The van der Waals surface area contributed by atoms with Crippen molar-refractivity contribution in [2.24, 2.45) is 0 Å². The average Bonchev–Trinajstić information content (AvgIpc) is 2.90. The van der Waals surface area contributed by atoms with E-state index in [-0.39, 0.29) is 12.0 Å². The Morgan fingerprint density at radius 2 is 2.67 bits per heavy atom. The van der Waals surface area contributed by atoms with Crippen molar-refractivity contribution < 1.29 is 9.53 Å². The van der Waals surface area contributed by atoms with Gasteiger partial charge in [0.25, 0.3) is 0 Å². The number of ether oxygens (including phenoxy) is 1. The number of H-pyrrole nitrogens is 1. The lowest BCUT2D eigenvalue weighted by Crippen LogP contribution is -2.35. The predicted octanol–water partition coefficient (Wildman–Crippen LogP) is -0.358. The second-order valence-corrected chi connectivity index (χ2v) is 3.47. The molecule has 1 aromatic rings. The molecule has 1 saturated heterocycles. The normalized spacial score (nSPS) is 20.4. The first-order valence-corrected chi connectivity index (χ1v) is 5.10. The highest BCUT2D eigenvalue weighted by atomic mass is 16.5. The molecular formula is C9H14N4O2. The third-order valence-electron chi connectivity index (χ3n) is 2.35. The molecule has 15 heavy (non-hydrogen) atoms. The highest BCUT2D eigenvalue weighted by Gasteiger charge is 2.22. The zero-order chi connectivity index (χ0) is 10.5. The first kappa shape index (κ1) is 10.1. The van der Waals surface area contributed by atoms with Crippen LogP contribution in [0.25, 0.3) is 0 Å². The van der Waals surface area contributed by atoms with Gasteiger partial charge in [-0.2, -0.15) is 5.10 Å². The largest absolute Gasteiger partial charge is 0.368 e. The van der Waals surface area contributed by atoms with Crippen molar-refractivity contribution in [3.05, 3.63) is 12.2 Å². The third-order valence-corrected chi connectivity index (χ3v) is 2.35. The molecule has 2 rings (SSSR count). The van der Waals surface area contributed by atoms with Crippen LogP contribution in [-0.4, -0.2) is 40.3 Å². The number of carbonyl (C=O) groups is 1. The molecule has 2 heterocycles. The molecule has 1 aromatic heterocycles. The molecular weight excluding hydrogens is 196 g/mol. The van der Waals surface area contributed by atoms with Gasteiger partial charge < -0.3 is 10.1 Å².